The quantitative estimate of drug-likeness (QED) is 0.848. The Morgan fingerprint density at radius 3 is 2.19 bits per heavy atom. The van der Waals surface area contributed by atoms with E-state index in [2.05, 4.69) is 10.6 Å². The summed E-state index contributed by atoms with van der Waals surface area (Å²) in [6.07, 6.45) is -0.240. The van der Waals surface area contributed by atoms with Gasteiger partial charge in [0.05, 0.1) is 0 Å². The summed E-state index contributed by atoms with van der Waals surface area (Å²) in [6.45, 7) is 1.93. The molecule has 2 amide bonds. The van der Waals surface area contributed by atoms with Crippen molar-refractivity contribution in [1.29, 1.82) is 0 Å². The van der Waals surface area contributed by atoms with Crippen LogP contribution in [-0.4, -0.2) is 11.8 Å². The lowest BCUT2D eigenvalue weighted by Gasteiger charge is -2.07. The molecule has 0 aromatic heterocycles. The van der Waals surface area contributed by atoms with Crippen LogP contribution in [0.4, 0.5) is 11.4 Å². The molecule has 0 radical (unpaired) electrons. The lowest BCUT2D eigenvalue weighted by Crippen LogP contribution is -2.21. The lowest BCUT2D eigenvalue weighted by molar-refractivity contribution is -0.123. The van der Waals surface area contributed by atoms with Crippen LogP contribution in [0.5, 0.6) is 0 Å². The minimum absolute atomic E-state index is 0.240. The Hall–Kier alpha value is -2.33. The molecule has 2 aromatic rings. The van der Waals surface area contributed by atoms with Crippen molar-refractivity contribution in [3.8, 4) is 0 Å². The summed E-state index contributed by atoms with van der Waals surface area (Å²) in [5.74, 6) is -0.727. The predicted molar refractivity (Wildman–Crippen MR) is 84.5 cm³/mol. The van der Waals surface area contributed by atoms with Crippen molar-refractivity contribution in [2.75, 3.05) is 10.6 Å². The van der Waals surface area contributed by atoms with Crippen LogP contribution in [0, 0.1) is 6.92 Å². The first-order valence-corrected chi connectivity index (χ1v) is 6.83. The topological polar surface area (TPSA) is 58.2 Å². The number of hydrogen-bond acceptors (Lipinski definition) is 2. The average molecular weight is 303 g/mol. The molecule has 0 heterocycles. The van der Waals surface area contributed by atoms with Gasteiger partial charge in [-0.15, -0.1) is 0 Å². The van der Waals surface area contributed by atoms with E-state index in [1.165, 1.54) is 0 Å². The molecular weight excluding hydrogens is 288 g/mol. The third kappa shape index (κ3) is 4.93. The Kier molecular flexibility index (Phi) is 4.95. The van der Waals surface area contributed by atoms with Crippen molar-refractivity contribution in [2.24, 2.45) is 0 Å². The number of aryl methyl sites for hydroxylation is 1. The van der Waals surface area contributed by atoms with Crippen molar-refractivity contribution in [1.82, 2.24) is 0 Å². The van der Waals surface area contributed by atoms with Gasteiger partial charge in [-0.2, -0.15) is 0 Å². The molecule has 21 heavy (non-hydrogen) atoms. The molecule has 108 valence electrons. The van der Waals surface area contributed by atoms with E-state index in [0.717, 1.165) is 5.56 Å². The second-order valence-electron chi connectivity index (χ2n) is 4.65. The Labute approximate surface area is 128 Å². The van der Waals surface area contributed by atoms with Crippen molar-refractivity contribution in [3.63, 3.8) is 0 Å². The fraction of sp³-hybridized carbons (Fsp3) is 0.125. The molecule has 0 unspecified atom stereocenters. The Morgan fingerprint density at radius 2 is 1.57 bits per heavy atom. The maximum atomic E-state index is 11.8. The van der Waals surface area contributed by atoms with Crippen LogP contribution >= 0.6 is 11.6 Å². The molecule has 0 aliphatic rings. The van der Waals surface area contributed by atoms with Crippen LogP contribution in [-0.2, 0) is 9.59 Å². The maximum absolute atomic E-state index is 11.8. The molecule has 0 spiro atoms. The van der Waals surface area contributed by atoms with Gasteiger partial charge in [-0.05, 0) is 48.9 Å². The fourth-order valence-corrected chi connectivity index (χ4v) is 1.94. The lowest BCUT2D eigenvalue weighted by atomic mass is 10.2. The first-order chi connectivity index (χ1) is 10.0. The summed E-state index contributed by atoms with van der Waals surface area (Å²) in [5.41, 5.74) is 2.32. The minimum Gasteiger partial charge on any atom is -0.326 e. The van der Waals surface area contributed by atoms with Gasteiger partial charge < -0.3 is 10.6 Å². The summed E-state index contributed by atoms with van der Waals surface area (Å²) in [5, 5.41) is 5.91. The first-order valence-electron chi connectivity index (χ1n) is 6.45. The SMILES string of the molecule is Cc1cccc(NC(=O)CC(=O)Nc2ccc(Cl)cc2)c1. The van der Waals surface area contributed by atoms with Gasteiger partial charge in [0.2, 0.25) is 11.8 Å². The molecule has 2 rings (SSSR count). The van der Waals surface area contributed by atoms with E-state index in [4.69, 9.17) is 11.6 Å². The number of anilines is 2. The number of carbonyl (C=O) groups excluding carboxylic acids is 2. The predicted octanol–water partition coefficient (Wildman–Crippen LogP) is 3.62. The Balaban J connectivity index is 1.87. The van der Waals surface area contributed by atoms with E-state index >= 15 is 0 Å². The third-order valence-electron chi connectivity index (χ3n) is 2.75. The average Bonchev–Trinajstić information content (AvgIpc) is 2.41. The molecule has 4 nitrogen and oxygen atoms in total. The highest BCUT2D eigenvalue weighted by Crippen LogP contribution is 2.14. The van der Waals surface area contributed by atoms with E-state index < -0.39 is 0 Å². The highest BCUT2D eigenvalue weighted by Gasteiger charge is 2.10. The van der Waals surface area contributed by atoms with Gasteiger partial charge in [0.1, 0.15) is 6.42 Å². The second kappa shape index (κ2) is 6.90. The van der Waals surface area contributed by atoms with E-state index in [1.807, 2.05) is 25.1 Å². The highest BCUT2D eigenvalue weighted by molar-refractivity contribution is 6.30. The summed E-state index contributed by atoms with van der Waals surface area (Å²) < 4.78 is 0. The summed E-state index contributed by atoms with van der Waals surface area (Å²) >= 11 is 5.76. The van der Waals surface area contributed by atoms with Crippen LogP contribution in [0.25, 0.3) is 0 Å². The molecule has 5 heteroatoms. The number of carbonyl (C=O) groups is 2. The van der Waals surface area contributed by atoms with Gasteiger partial charge in [-0.1, -0.05) is 23.7 Å². The van der Waals surface area contributed by atoms with E-state index in [-0.39, 0.29) is 18.2 Å². The van der Waals surface area contributed by atoms with Crippen LogP contribution < -0.4 is 10.6 Å². The molecule has 2 aromatic carbocycles. The smallest absolute Gasteiger partial charge is 0.233 e. The van der Waals surface area contributed by atoms with Crippen molar-refractivity contribution in [3.05, 3.63) is 59.1 Å². The minimum atomic E-state index is -0.373. The van der Waals surface area contributed by atoms with Crippen molar-refractivity contribution < 1.29 is 9.59 Å². The Bertz CT molecular complexity index is 654. The first kappa shape index (κ1) is 15.1. The number of nitrogens with one attached hydrogen (secondary N) is 2. The fourth-order valence-electron chi connectivity index (χ4n) is 1.81. The van der Waals surface area contributed by atoms with Gasteiger partial charge in [0, 0.05) is 16.4 Å². The van der Waals surface area contributed by atoms with Crippen molar-refractivity contribution >= 4 is 34.8 Å². The van der Waals surface area contributed by atoms with E-state index in [1.54, 1.807) is 30.3 Å². The number of amides is 2. The molecular formula is C16H15ClN2O2. The molecule has 0 aliphatic carbocycles. The van der Waals surface area contributed by atoms with E-state index in [0.29, 0.717) is 16.4 Å². The van der Waals surface area contributed by atoms with Crippen LogP contribution in [0.1, 0.15) is 12.0 Å². The molecule has 2 N–H and O–H groups in total. The second-order valence-corrected chi connectivity index (χ2v) is 5.09. The summed E-state index contributed by atoms with van der Waals surface area (Å²) in [7, 11) is 0. The van der Waals surface area contributed by atoms with Crippen LogP contribution in [0.3, 0.4) is 0 Å². The van der Waals surface area contributed by atoms with Crippen LogP contribution in [0.2, 0.25) is 5.02 Å². The van der Waals surface area contributed by atoms with Gasteiger partial charge in [-0.3, -0.25) is 9.59 Å². The van der Waals surface area contributed by atoms with Gasteiger partial charge in [-0.25, -0.2) is 0 Å². The number of rotatable bonds is 4. The largest absolute Gasteiger partial charge is 0.326 e. The van der Waals surface area contributed by atoms with Gasteiger partial charge in [0.15, 0.2) is 0 Å². The highest BCUT2D eigenvalue weighted by atomic mass is 35.5. The number of benzene rings is 2. The molecule has 0 saturated carbocycles. The molecule has 0 saturated heterocycles. The summed E-state index contributed by atoms with van der Waals surface area (Å²) in [4.78, 5) is 23.5. The zero-order valence-electron chi connectivity index (χ0n) is 11.5. The molecule has 0 fully saturated rings. The summed E-state index contributed by atoms with van der Waals surface area (Å²) in [6, 6.07) is 14.1. The number of hydrogen-bond donors (Lipinski definition) is 2. The van der Waals surface area contributed by atoms with Crippen molar-refractivity contribution in [2.45, 2.75) is 13.3 Å². The maximum Gasteiger partial charge on any atom is 0.233 e. The zero-order valence-corrected chi connectivity index (χ0v) is 12.3. The molecule has 0 atom stereocenters. The number of halogens is 1. The van der Waals surface area contributed by atoms with Gasteiger partial charge in [0.25, 0.3) is 0 Å². The molecule has 0 bridgehead atoms. The van der Waals surface area contributed by atoms with Gasteiger partial charge >= 0.3 is 0 Å². The zero-order chi connectivity index (χ0) is 15.2. The standard InChI is InChI=1S/C16H15ClN2O2/c1-11-3-2-4-14(9-11)19-16(21)10-15(20)18-13-7-5-12(17)6-8-13/h2-9H,10H2,1H3,(H,18,20)(H,19,21). The monoisotopic (exact) mass is 302 g/mol. The van der Waals surface area contributed by atoms with E-state index in [9.17, 15) is 9.59 Å². The third-order valence-corrected chi connectivity index (χ3v) is 3.00. The molecule has 0 aliphatic heterocycles. The van der Waals surface area contributed by atoms with Crippen LogP contribution in [0.15, 0.2) is 48.5 Å². The Morgan fingerprint density at radius 1 is 0.952 bits per heavy atom. The normalized spacial score (nSPS) is 10.0.